The van der Waals surface area contributed by atoms with Crippen LogP contribution in [0.3, 0.4) is 0 Å². The molecule has 0 aliphatic rings. The molecule has 0 bridgehead atoms. The van der Waals surface area contributed by atoms with Crippen molar-refractivity contribution in [2.45, 2.75) is 37.9 Å². The monoisotopic (exact) mass is 369 g/mol. The predicted molar refractivity (Wildman–Crippen MR) is 93.2 cm³/mol. The maximum absolute atomic E-state index is 11.9. The van der Waals surface area contributed by atoms with Gasteiger partial charge in [-0.2, -0.15) is 0 Å². The second kappa shape index (κ2) is 8.94. The number of carbonyl (C=O) groups is 1. The van der Waals surface area contributed by atoms with Gasteiger partial charge in [0.05, 0.1) is 5.25 Å². The third-order valence-electron chi connectivity index (χ3n) is 2.96. The predicted octanol–water partition coefficient (Wildman–Crippen LogP) is 3.55. The van der Waals surface area contributed by atoms with E-state index >= 15 is 0 Å². The SMILES string of the molecule is CC(C)CNC(=O)C(C)Sc1nnc(COc2ccc(Cl)cc2)o1. The number of thioether (sulfide) groups is 1. The summed E-state index contributed by atoms with van der Waals surface area (Å²) in [6, 6.07) is 7.00. The van der Waals surface area contributed by atoms with Crippen molar-refractivity contribution >= 4 is 29.3 Å². The number of amides is 1. The number of ether oxygens (including phenoxy) is 1. The Labute approximate surface area is 150 Å². The highest BCUT2D eigenvalue weighted by molar-refractivity contribution is 8.00. The van der Waals surface area contributed by atoms with Crippen LogP contribution < -0.4 is 10.1 Å². The molecule has 0 saturated carbocycles. The fourth-order valence-corrected chi connectivity index (χ4v) is 2.52. The Hall–Kier alpha value is -1.73. The molecule has 0 radical (unpaired) electrons. The van der Waals surface area contributed by atoms with E-state index in [9.17, 15) is 4.79 Å². The first-order valence-corrected chi connectivity index (χ1v) is 8.85. The highest BCUT2D eigenvalue weighted by Crippen LogP contribution is 2.23. The van der Waals surface area contributed by atoms with Gasteiger partial charge in [0.15, 0.2) is 6.61 Å². The van der Waals surface area contributed by atoms with Crippen LogP contribution in [0.25, 0.3) is 0 Å². The van der Waals surface area contributed by atoms with Crippen LogP contribution in [-0.4, -0.2) is 27.9 Å². The number of nitrogens with one attached hydrogen (secondary N) is 1. The van der Waals surface area contributed by atoms with Crippen LogP contribution >= 0.6 is 23.4 Å². The quantitative estimate of drug-likeness (QED) is 0.717. The average molecular weight is 370 g/mol. The summed E-state index contributed by atoms with van der Waals surface area (Å²) in [7, 11) is 0. The summed E-state index contributed by atoms with van der Waals surface area (Å²) in [6.45, 7) is 6.69. The van der Waals surface area contributed by atoms with E-state index in [0.29, 0.717) is 34.3 Å². The normalized spacial score (nSPS) is 12.2. The van der Waals surface area contributed by atoms with Crippen LogP contribution in [0.1, 0.15) is 26.7 Å². The maximum atomic E-state index is 11.9. The molecule has 1 amide bonds. The van der Waals surface area contributed by atoms with Gasteiger partial charge in [-0.05, 0) is 37.1 Å². The van der Waals surface area contributed by atoms with Crippen molar-refractivity contribution in [3.8, 4) is 5.75 Å². The molecule has 6 nitrogen and oxygen atoms in total. The third-order valence-corrected chi connectivity index (χ3v) is 4.14. The number of benzene rings is 1. The van der Waals surface area contributed by atoms with Crippen LogP contribution in [0.4, 0.5) is 0 Å². The molecule has 24 heavy (non-hydrogen) atoms. The smallest absolute Gasteiger partial charge is 0.277 e. The summed E-state index contributed by atoms with van der Waals surface area (Å²) in [5.74, 6) is 1.37. The number of nitrogens with zero attached hydrogens (tertiary/aromatic N) is 2. The Morgan fingerprint density at radius 3 is 2.67 bits per heavy atom. The number of halogens is 1. The second-order valence-corrected chi connectivity index (χ2v) is 7.33. The summed E-state index contributed by atoms with van der Waals surface area (Å²) in [5.41, 5.74) is 0. The largest absolute Gasteiger partial charge is 0.484 e. The molecule has 2 aromatic rings. The van der Waals surface area contributed by atoms with Gasteiger partial charge in [-0.15, -0.1) is 10.2 Å². The lowest BCUT2D eigenvalue weighted by Gasteiger charge is -2.11. The average Bonchev–Trinajstić information content (AvgIpc) is 2.99. The standard InChI is InChI=1S/C16H20ClN3O3S/c1-10(2)8-18-15(21)11(3)24-16-20-19-14(23-16)9-22-13-6-4-12(17)5-7-13/h4-7,10-11H,8-9H2,1-3H3,(H,18,21). The van der Waals surface area contributed by atoms with Gasteiger partial charge in [-0.1, -0.05) is 37.2 Å². The van der Waals surface area contributed by atoms with E-state index in [1.54, 1.807) is 31.2 Å². The molecular weight excluding hydrogens is 350 g/mol. The highest BCUT2D eigenvalue weighted by Gasteiger charge is 2.18. The van der Waals surface area contributed by atoms with Crippen LogP contribution in [0.5, 0.6) is 5.75 Å². The highest BCUT2D eigenvalue weighted by atomic mass is 35.5. The minimum atomic E-state index is -0.311. The summed E-state index contributed by atoms with van der Waals surface area (Å²) in [4.78, 5) is 11.9. The van der Waals surface area contributed by atoms with Crippen molar-refractivity contribution in [1.29, 1.82) is 0 Å². The lowest BCUT2D eigenvalue weighted by atomic mass is 10.2. The van der Waals surface area contributed by atoms with E-state index < -0.39 is 0 Å². The van der Waals surface area contributed by atoms with Gasteiger partial charge in [-0.25, -0.2) is 0 Å². The van der Waals surface area contributed by atoms with E-state index in [4.69, 9.17) is 20.8 Å². The molecular formula is C16H20ClN3O3S. The fourth-order valence-electron chi connectivity index (χ4n) is 1.67. The van der Waals surface area contributed by atoms with E-state index in [1.165, 1.54) is 11.8 Å². The van der Waals surface area contributed by atoms with E-state index in [0.717, 1.165) is 0 Å². The van der Waals surface area contributed by atoms with Crippen LogP contribution in [-0.2, 0) is 11.4 Å². The van der Waals surface area contributed by atoms with Gasteiger partial charge >= 0.3 is 0 Å². The fraction of sp³-hybridized carbons (Fsp3) is 0.438. The zero-order valence-electron chi connectivity index (χ0n) is 13.8. The zero-order valence-corrected chi connectivity index (χ0v) is 15.4. The minimum Gasteiger partial charge on any atom is -0.484 e. The Morgan fingerprint density at radius 2 is 2.00 bits per heavy atom. The van der Waals surface area contributed by atoms with Gasteiger partial charge in [0.25, 0.3) is 11.1 Å². The van der Waals surface area contributed by atoms with Crippen molar-refractivity contribution in [2.75, 3.05) is 6.54 Å². The van der Waals surface area contributed by atoms with Gasteiger partial charge in [0.1, 0.15) is 5.75 Å². The zero-order chi connectivity index (χ0) is 17.5. The minimum absolute atomic E-state index is 0.0501. The Morgan fingerprint density at radius 1 is 1.29 bits per heavy atom. The van der Waals surface area contributed by atoms with Crippen LogP contribution in [0.2, 0.25) is 5.02 Å². The first kappa shape index (κ1) is 18.6. The number of rotatable bonds is 8. The number of aromatic nitrogens is 2. The Bertz CT molecular complexity index is 661. The molecule has 1 N–H and O–H groups in total. The molecule has 1 aromatic carbocycles. The summed E-state index contributed by atoms with van der Waals surface area (Å²) < 4.78 is 11.0. The summed E-state index contributed by atoms with van der Waals surface area (Å²) in [6.07, 6.45) is 0. The summed E-state index contributed by atoms with van der Waals surface area (Å²) >= 11 is 7.04. The molecule has 0 aliphatic carbocycles. The van der Waals surface area contributed by atoms with Gasteiger partial charge in [-0.3, -0.25) is 4.79 Å². The molecule has 0 saturated heterocycles. The first-order valence-electron chi connectivity index (χ1n) is 7.59. The number of carbonyl (C=O) groups excluding carboxylic acids is 1. The lowest BCUT2D eigenvalue weighted by molar-refractivity contribution is -0.120. The number of hydrogen-bond donors (Lipinski definition) is 1. The van der Waals surface area contributed by atoms with Crippen LogP contribution in [0, 0.1) is 5.92 Å². The van der Waals surface area contributed by atoms with E-state index in [2.05, 4.69) is 15.5 Å². The van der Waals surface area contributed by atoms with Gasteiger partial charge in [0, 0.05) is 11.6 Å². The van der Waals surface area contributed by atoms with Gasteiger partial charge in [0.2, 0.25) is 5.91 Å². The van der Waals surface area contributed by atoms with Gasteiger partial charge < -0.3 is 14.5 Å². The van der Waals surface area contributed by atoms with Crippen molar-refractivity contribution in [1.82, 2.24) is 15.5 Å². The second-order valence-electron chi connectivity index (χ2n) is 5.60. The topological polar surface area (TPSA) is 77.2 Å². The molecule has 0 spiro atoms. The molecule has 1 unspecified atom stereocenters. The van der Waals surface area contributed by atoms with E-state index in [1.807, 2.05) is 13.8 Å². The summed E-state index contributed by atoms with van der Waals surface area (Å²) in [5, 5.41) is 11.4. The maximum Gasteiger partial charge on any atom is 0.277 e. The van der Waals surface area contributed by atoms with Crippen molar-refractivity contribution in [2.24, 2.45) is 5.92 Å². The lowest BCUT2D eigenvalue weighted by Crippen LogP contribution is -2.33. The Balaban J connectivity index is 1.81. The Kier molecular flexibility index (Phi) is 6.93. The van der Waals surface area contributed by atoms with Crippen molar-refractivity contribution in [3.05, 3.63) is 35.2 Å². The third kappa shape index (κ3) is 6.05. The molecule has 0 aliphatic heterocycles. The van der Waals surface area contributed by atoms with Crippen molar-refractivity contribution < 1.29 is 13.9 Å². The number of hydrogen-bond acceptors (Lipinski definition) is 6. The molecule has 8 heteroatoms. The molecule has 1 aromatic heterocycles. The van der Waals surface area contributed by atoms with Crippen molar-refractivity contribution in [3.63, 3.8) is 0 Å². The van der Waals surface area contributed by atoms with Crippen LogP contribution in [0.15, 0.2) is 33.9 Å². The molecule has 1 atom stereocenters. The van der Waals surface area contributed by atoms with E-state index in [-0.39, 0.29) is 17.8 Å². The molecule has 130 valence electrons. The first-order chi connectivity index (χ1) is 11.4. The molecule has 1 heterocycles. The molecule has 2 rings (SSSR count). The molecule has 0 fully saturated rings.